The van der Waals surface area contributed by atoms with E-state index >= 15 is 0 Å². The van der Waals surface area contributed by atoms with Gasteiger partial charge in [-0.1, -0.05) is 49.7 Å². The van der Waals surface area contributed by atoms with Gasteiger partial charge in [0.1, 0.15) is 5.84 Å². The van der Waals surface area contributed by atoms with Crippen molar-refractivity contribution in [3.05, 3.63) is 48.0 Å². The van der Waals surface area contributed by atoms with Crippen LogP contribution in [-0.2, 0) is 0 Å². The van der Waals surface area contributed by atoms with Crippen LogP contribution in [0, 0.1) is 5.41 Å². The first kappa shape index (κ1) is 13.6. The first-order valence-corrected chi connectivity index (χ1v) is 7.09. The Hall–Kier alpha value is -1.83. The van der Waals surface area contributed by atoms with Gasteiger partial charge in [-0.15, -0.1) is 0 Å². The molecule has 19 heavy (non-hydrogen) atoms. The minimum Gasteiger partial charge on any atom is -0.357 e. The highest BCUT2D eigenvalue weighted by molar-refractivity contribution is 6.00. The Bertz CT molecular complexity index is 560. The quantitative estimate of drug-likeness (QED) is 0.625. The van der Waals surface area contributed by atoms with Gasteiger partial charge in [0.2, 0.25) is 0 Å². The summed E-state index contributed by atoms with van der Waals surface area (Å²) in [6, 6.07) is 14.6. The van der Waals surface area contributed by atoms with Gasteiger partial charge in [-0.05, 0) is 30.2 Å². The number of hydrogen-bond acceptors (Lipinski definition) is 1. The Balaban J connectivity index is 2.24. The van der Waals surface area contributed by atoms with Crippen LogP contribution in [0.15, 0.2) is 42.5 Å². The Labute approximate surface area is 115 Å². The fourth-order valence-corrected chi connectivity index (χ4v) is 2.30. The molecule has 1 N–H and O–H groups in total. The molecule has 0 heterocycles. The van der Waals surface area contributed by atoms with Crippen molar-refractivity contribution in [2.24, 2.45) is 0 Å². The monoisotopic (exact) mass is 254 g/mol. The zero-order chi connectivity index (χ0) is 13.7. The maximum Gasteiger partial charge on any atom is 0.128 e. The molecule has 0 amide bonds. The van der Waals surface area contributed by atoms with Gasteiger partial charge >= 0.3 is 0 Å². The highest BCUT2D eigenvalue weighted by Gasteiger charge is 2.09. The van der Waals surface area contributed by atoms with Gasteiger partial charge in [0.05, 0.1) is 0 Å². The number of hydrogen-bond donors (Lipinski definition) is 1. The summed E-state index contributed by atoms with van der Waals surface area (Å²) in [5.41, 5.74) is 1.01. The topological polar surface area (TPSA) is 27.1 Å². The minimum atomic E-state index is 0.640. The van der Waals surface area contributed by atoms with Crippen LogP contribution in [0.5, 0.6) is 0 Å². The molecule has 2 nitrogen and oxygen atoms in total. The third-order valence-electron chi connectivity index (χ3n) is 3.50. The lowest BCUT2D eigenvalue weighted by Gasteiger charge is -2.23. The number of nitrogens with one attached hydrogen (secondary N) is 1. The fraction of sp³-hybridized carbons (Fsp3) is 0.353. The fourth-order valence-electron chi connectivity index (χ4n) is 2.30. The second kappa shape index (κ2) is 6.37. The summed E-state index contributed by atoms with van der Waals surface area (Å²) in [5.74, 6) is 0.640. The van der Waals surface area contributed by atoms with E-state index in [9.17, 15) is 0 Å². The number of nitrogens with zero attached hydrogens (tertiary/aromatic N) is 1. The van der Waals surface area contributed by atoms with Gasteiger partial charge in [0, 0.05) is 18.7 Å². The lowest BCUT2D eigenvalue weighted by atomic mass is 10.1. The predicted molar refractivity (Wildman–Crippen MR) is 82.9 cm³/mol. The first-order valence-electron chi connectivity index (χ1n) is 7.09. The molecule has 2 heteroatoms. The van der Waals surface area contributed by atoms with E-state index in [-0.39, 0.29) is 0 Å². The SMILES string of the molecule is CCCCN(CC)C(=N)c1ccc2ccccc2c1. The molecule has 0 aliphatic heterocycles. The van der Waals surface area contributed by atoms with E-state index in [1.165, 1.54) is 17.2 Å². The summed E-state index contributed by atoms with van der Waals surface area (Å²) in [4.78, 5) is 2.15. The van der Waals surface area contributed by atoms with Crippen LogP contribution in [0.3, 0.4) is 0 Å². The molecule has 0 radical (unpaired) electrons. The molecule has 0 aliphatic rings. The Morgan fingerprint density at radius 3 is 2.47 bits per heavy atom. The van der Waals surface area contributed by atoms with E-state index in [1.54, 1.807) is 0 Å². The van der Waals surface area contributed by atoms with Gasteiger partial charge in [-0.2, -0.15) is 0 Å². The summed E-state index contributed by atoms with van der Waals surface area (Å²) >= 11 is 0. The molecule has 2 aromatic rings. The van der Waals surface area contributed by atoms with Gasteiger partial charge < -0.3 is 4.90 Å². The van der Waals surface area contributed by atoms with Crippen molar-refractivity contribution in [3.8, 4) is 0 Å². The standard InChI is InChI=1S/C17H22N2/c1-3-5-12-19(4-2)17(18)16-11-10-14-8-6-7-9-15(14)13-16/h6-11,13,18H,3-5,12H2,1-2H3. The molecule has 2 rings (SSSR count). The molecular weight excluding hydrogens is 232 g/mol. The maximum absolute atomic E-state index is 8.37. The Morgan fingerprint density at radius 2 is 1.79 bits per heavy atom. The normalized spacial score (nSPS) is 10.6. The highest BCUT2D eigenvalue weighted by Crippen LogP contribution is 2.17. The van der Waals surface area contributed by atoms with Gasteiger partial charge in [0.25, 0.3) is 0 Å². The molecule has 0 aromatic heterocycles. The van der Waals surface area contributed by atoms with E-state index in [4.69, 9.17) is 5.41 Å². The molecule has 100 valence electrons. The van der Waals surface area contributed by atoms with Gasteiger partial charge in [-0.3, -0.25) is 5.41 Å². The second-order valence-corrected chi connectivity index (χ2v) is 4.84. The average molecular weight is 254 g/mol. The van der Waals surface area contributed by atoms with Crippen molar-refractivity contribution < 1.29 is 0 Å². The Kier molecular flexibility index (Phi) is 4.56. The van der Waals surface area contributed by atoms with Crippen molar-refractivity contribution in [2.45, 2.75) is 26.7 Å². The van der Waals surface area contributed by atoms with Crippen LogP contribution >= 0.6 is 0 Å². The van der Waals surface area contributed by atoms with Crippen LogP contribution < -0.4 is 0 Å². The van der Waals surface area contributed by atoms with E-state index in [0.717, 1.165) is 25.1 Å². The lowest BCUT2D eigenvalue weighted by Crippen LogP contribution is -2.31. The molecule has 0 saturated carbocycles. The van der Waals surface area contributed by atoms with Crippen molar-refractivity contribution in [1.29, 1.82) is 5.41 Å². The molecule has 0 unspecified atom stereocenters. The molecule has 0 saturated heterocycles. The van der Waals surface area contributed by atoms with Gasteiger partial charge in [-0.25, -0.2) is 0 Å². The first-order chi connectivity index (χ1) is 9.26. The van der Waals surface area contributed by atoms with Crippen molar-refractivity contribution in [1.82, 2.24) is 4.90 Å². The van der Waals surface area contributed by atoms with E-state index in [1.807, 2.05) is 12.1 Å². The number of fused-ring (bicyclic) bond motifs is 1. The summed E-state index contributed by atoms with van der Waals surface area (Å²) in [7, 11) is 0. The average Bonchev–Trinajstić information content (AvgIpc) is 2.47. The lowest BCUT2D eigenvalue weighted by molar-refractivity contribution is 0.426. The smallest absolute Gasteiger partial charge is 0.128 e. The highest BCUT2D eigenvalue weighted by atomic mass is 15.2. The summed E-state index contributed by atoms with van der Waals surface area (Å²) in [6.07, 6.45) is 2.31. The number of rotatable bonds is 5. The van der Waals surface area contributed by atoms with Crippen molar-refractivity contribution >= 4 is 16.6 Å². The number of benzene rings is 2. The molecular formula is C17H22N2. The largest absolute Gasteiger partial charge is 0.357 e. The third-order valence-corrected chi connectivity index (χ3v) is 3.50. The minimum absolute atomic E-state index is 0.640. The van der Waals surface area contributed by atoms with Crippen molar-refractivity contribution in [3.63, 3.8) is 0 Å². The molecule has 0 fully saturated rings. The van der Waals surface area contributed by atoms with E-state index in [0.29, 0.717) is 5.84 Å². The number of amidine groups is 1. The van der Waals surface area contributed by atoms with Crippen molar-refractivity contribution in [2.75, 3.05) is 13.1 Å². The van der Waals surface area contributed by atoms with Crippen LogP contribution in [0.2, 0.25) is 0 Å². The summed E-state index contributed by atoms with van der Waals surface area (Å²) in [5, 5.41) is 10.8. The number of unbranched alkanes of at least 4 members (excludes halogenated alkanes) is 1. The van der Waals surface area contributed by atoms with Crippen LogP contribution in [0.4, 0.5) is 0 Å². The molecule has 0 atom stereocenters. The van der Waals surface area contributed by atoms with Crippen LogP contribution in [-0.4, -0.2) is 23.8 Å². The van der Waals surface area contributed by atoms with Crippen LogP contribution in [0.25, 0.3) is 10.8 Å². The third kappa shape index (κ3) is 3.14. The zero-order valence-electron chi connectivity index (χ0n) is 11.8. The van der Waals surface area contributed by atoms with Gasteiger partial charge in [0.15, 0.2) is 0 Å². The summed E-state index contributed by atoms with van der Waals surface area (Å²) in [6.45, 7) is 6.17. The van der Waals surface area contributed by atoms with Crippen LogP contribution in [0.1, 0.15) is 32.3 Å². The summed E-state index contributed by atoms with van der Waals surface area (Å²) < 4.78 is 0. The molecule has 0 aliphatic carbocycles. The Morgan fingerprint density at radius 1 is 1.05 bits per heavy atom. The van der Waals surface area contributed by atoms with E-state index < -0.39 is 0 Å². The molecule has 2 aromatic carbocycles. The molecule has 0 spiro atoms. The predicted octanol–water partition coefficient (Wildman–Crippen LogP) is 4.29. The molecule has 0 bridgehead atoms. The maximum atomic E-state index is 8.37. The van der Waals surface area contributed by atoms with E-state index in [2.05, 4.69) is 49.1 Å². The second-order valence-electron chi connectivity index (χ2n) is 4.84. The zero-order valence-corrected chi connectivity index (χ0v) is 11.8.